The summed E-state index contributed by atoms with van der Waals surface area (Å²) in [5, 5.41) is 12.0. The van der Waals surface area contributed by atoms with Crippen molar-refractivity contribution >= 4 is 11.9 Å². The number of hydrogen-bond acceptors (Lipinski definition) is 2. The van der Waals surface area contributed by atoms with Gasteiger partial charge in [-0.3, -0.25) is 4.79 Å². The molecule has 4 nitrogen and oxygen atoms in total. The topological polar surface area (TPSA) is 66.4 Å². The molecule has 1 fully saturated rings. The monoisotopic (exact) mass is 341 g/mol. The van der Waals surface area contributed by atoms with Gasteiger partial charge in [0.15, 0.2) is 0 Å². The highest BCUT2D eigenvalue weighted by molar-refractivity contribution is 5.88. The average Bonchev–Trinajstić information content (AvgIpc) is 3.04. The maximum atomic E-state index is 13.0. The summed E-state index contributed by atoms with van der Waals surface area (Å²) >= 11 is 0. The Balaban J connectivity index is 1.54. The molecule has 0 saturated heterocycles. The molecule has 1 aliphatic carbocycles. The van der Waals surface area contributed by atoms with E-state index >= 15 is 0 Å². The first kappa shape index (κ1) is 17.1. The molecule has 0 radical (unpaired) electrons. The van der Waals surface area contributed by atoms with E-state index in [9.17, 15) is 14.0 Å². The number of nitrogens with one attached hydrogen (secondary N) is 1. The van der Waals surface area contributed by atoms with Crippen LogP contribution in [0.15, 0.2) is 48.5 Å². The summed E-state index contributed by atoms with van der Waals surface area (Å²) in [4.78, 5) is 23.2. The number of aromatic carboxylic acids is 1. The second-order valence-corrected chi connectivity index (χ2v) is 6.51. The highest BCUT2D eigenvalue weighted by Crippen LogP contribution is 2.34. The summed E-state index contributed by atoms with van der Waals surface area (Å²) < 4.78 is 13.0. The van der Waals surface area contributed by atoms with E-state index in [-0.39, 0.29) is 29.8 Å². The fraction of sp³-hybridized carbons (Fsp3) is 0.300. The van der Waals surface area contributed by atoms with Crippen molar-refractivity contribution in [2.45, 2.75) is 37.6 Å². The van der Waals surface area contributed by atoms with Gasteiger partial charge in [-0.15, -0.1) is 0 Å². The van der Waals surface area contributed by atoms with Crippen LogP contribution in [0.2, 0.25) is 0 Å². The van der Waals surface area contributed by atoms with E-state index < -0.39 is 5.97 Å². The lowest BCUT2D eigenvalue weighted by molar-refractivity contribution is -0.121. The molecule has 0 spiro atoms. The Morgan fingerprint density at radius 3 is 2.60 bits per heavy atom. The second kappa shape index (κ2) is 7.47. The predicted octanol–water partition coefficient (Wildman–Crippen LogP) is 3.52. The molecule has 2 aromatic rings. The van der Waals surface area contributed by atoms with E-state index in [4.69, 9.17) is 5.11 Å². The van der Waals surface area contributed by atoms with Gasteiger partial charge in [0.05, 0.1) is 12.0 Å². The SMILES string of the molecule is O=C(Cc1cccc(C(=O)O)c1)NC1CCC(c2ccc(F)cc2)C1. The zero-order chi connectivity index (χ0) is 17.8. The van der Waals surface area contributed by atoms with Gasteiger partial charge in [0.2, 0.25) is 5.91 Å². The van der Waals surface area contributed by atoms with Crippen molar-refractivity contribution in [3.63, 3.8) is 0 Å². The van der Waals surface area contributed by atoms with Crippen molar-refractivity contribution in [3.8, 4) is 0 Å². The second-order valence-electron chi connectivity index (χ2n) is 6.51. The highest BCUT2D eigenvalue weighted by atomic mass is 19.1. The van der Waals surface area contributed by atoms with Gasteiger partial charge in [0, 0.05) is 6.04 Å². The zero-order valence-electron chi connectivity index (χ0n) is 13.7. The maximum Gasteiger partial charge on any atom is 0.335 e. The molecule has 130 valence electrons. The molecule has 25 heavy (non-hydrogen) atoms. The van der Waals surface area contributed by atoms with Crippen LogP contribution in [0.5, 0.6) is 0 Å². The van der Waals surface area contributed by atoms with Gasteiger partial charge in [-0.25, -0.2) is 9.18 Å². The lowest BCUT2D eigenvalue weighted by Crippen LogP contribution is -2.34. The van der Waals surface area contributed by atoms with Crippen LogP contribution in [0.4, 0.5) is 4.39 Å². The van der Waals surface area contributed by atoms with Gasteiger partial charge in [-0.1, -0.05) is 24.3 Å². The Hall–Kier alpha value is -2.69. The molecular weight excluding hydrogens is 321 g/mol. The Morgan fingerprint density at radius 2 is 1.88 bits per heavy atom. The van der Waals surface area contributed by atoms with Gasteiger partial charge in [-0.2, -0.15) is 0 Å². The number of carboxylic acid groups (broad SMARTS) is 1. The summed E-state index contributed by atoms with van der Waals surface area (Å²) in [5.41, 5.74) is 1.97. The summed E-state index contributed by atoms with van der Waals surface area (Å²) in [5.74, 6) is -1.01. The molecular formula is C20H20FNO3. The molecule has 2 atom stereocenters. The van der Waals surface area contributed by atoms with Crippen LogP contribution in [0.1, 0.15) is 46.7 Å². The number of hydrogen-bond donors (Lipinski definition) is 2. The number of carbonyl (C=O) groups excluding carboxylic acids is 1. The summed E-state index contributed by atoms with van der Waals surface area (Å²) in [7, 11) is 0. The number of rotatable bonds is 5. The molecule has 1 saturated carbocycles. The Kier molecular flexibility index (Phi) is 5.12. The Bertz CT molecular complexity index is 773. The van der Waals surface area contributed by atoms with Gasteiger partial charge in [0.25, 0.3) is 0 Å². The van der Waals surface area contributed by atoms with Crippen LogP contribution in [0, 0.1) is 5.82 Å². The summed E-state index contributed by atoms with van der Waals surface area (Å²) in [6.45, 7) is 0. The van der Waals surface area contributed by atoms with E-state index in [0.29, 0.717) is 11.5 Å². The van der Waals surface area contributed by atoms with Crippen LogP contribution >= 0.6 is 0 Å². The molecule has 5 heteroatoms. The molecule has 1 aliphatic rings. The standard InChI is InChI=1S/C20H20FNO3/c21-17-7-4-14(5-8-17)15-6-9-18(12-15)22-19(23)11-13-2-1-3-16(10-13)20(24)25/h1-5,7-8,10,15,18H,6,9,11-12H2,(H,22,23)(H,24,25). The van der Waals surface area contributed by atoms with Crippen LogP contribution in [0.25, 0.3) is 0 Å². The first-order chi connectivity index (χ1) is 12.0. The van der Waals surface area contributed by atoms with Gasteiger partial charge in [-0.05, 0) is 60.6 Å². The smallest absolute Gasteiger partial charge is 0.335 e. The molecule has 0 aromatic heterocycles. The fourth-order valence-corrected chi connectivity index (χ4v) is 3.43. The predicted molar refractivity (Wildman–Crippen MR) is 92.0 cm³/mol. The van der Waals surface area contributed by atoms with Crippen molar-refractivity contribution in [1.82, 2.24) is 5.32 Å². The van der Waals surface area contributed by atoms with Crippen molar-refractivity contribution < 1.29 is 19.1 Å². The first-order valence-electron chi connectivity index (χ1n) is 8.38. The van der Waals surface area contributed by atoms with E-state index in [1.807, 2.05) is 12.1 Å². The van der Waals surface area contributed by atoms with Crippen LogP contribution in [0.3, 0.4) is 0 Å². The number of carbonyl (C=O) groups is 2. The van der Waals surface area contributed by atoms with Crippen molar-refractivity contribution in [1.29, 1.82) is 0 Å². The van der Waals surface area contributed by atoms with E-state index in [0.717, 1.165) is 24.8 Å². The third-order valence-electron chi connectivity index (χ3n) is 4.68. The van der Waals surface area contributed by atoms with E-state index in [1.165, 1.54) is 24.3 Å². The largest absolute Gasteiger partial charge is 0.478 e. The maximum absolute atomic E-state index is 13.0. The van der Waals surface area contributed by atoms with Crippen LogP contribution in [-0.4, -0.2) is 23.0 Å². The quantitative estimate of drug-likeness (QED) is 0.874. The van der Waals surface area contributed by atoms with Crippen LogP contribution in [-0.2, 0) is 11.2 Å². The fourth-order valence-electron chi connectivity index (χ4n) is 3.43. The summed E-state index contributed by atoms with van der Waals surface area (Å²) in [6.07, 6.45) is 2.86. The average molecular weight is 341 g/mol. The molecule has 0 aliphatic heterocycles. The van der Waals surface area contributed by atoms with E-state index in [2.05, 4.69) is 5.32 Å². The molecule has 3 rings (SSSR count). The van der Waals surface area contributed by atoms with Crippen LogP contribution < -0.4 is 5.32 Å². The normalized spacial score (nSPS) is 19.6. The highest BCUT2D eigenvalue weighted by Gasteiger charge is 2.27. The Labute approximate surface area is 145 Å². The van der Waals surface area contributed by atoms with Crippen molar-refractivity contribution in [2.24, 2.45) is 0 Å². The minimum Gasteiger partial charge on any atom is -0.478 e. The third kappa shape index (κ3) is 4.44. The zero-order valence-corrected chi connectivity index (χ0v) is 13.7. The molecule has 1 amide bonds. The van der Waals surface area contributed by atoms with E-state index in [1.54, 1.807) is 12.1 Å². The molecule has 2 aromatic carbocycles. The summed E-state index contributed by atoms with van der Waals surface area (Å²) in [6, 6.07) is 13.1. The number of halogens is 1. The lowest BCUT2D eigenvalue weighted by Gasteiger charge is -2.14. The minimum absolute atomic E-state index is 0.102. The number of amides is 1. The molecule has 0 heterocycles. The first-order valence-corrected chi connectivity index (χ1v) is 8.38. The lowest BCUT2D eigenvalue weighted by atomic mass is 9.97. The number of benzene rings is 2. The Morgan fingerprint density at radius 1 is 1.12 bits per heavy atom. The molecule has 2 N–H and O–H groups in total. The van der Waals surface area contributed by atoms with Gasteiger partial charge < -0.3 is 10.4 Å². The number of carboxylic acids is 1. The van der Waals surface area contributed by atoms with Crippen molar-refractivity contribution in [3.05, 3.63) is 71.0 Å². The third-order valence-corrected chi connectivity index (χ3v) is 4.68. The minimum atomic E-state index is -1.000. The van der Waals surface area contributed by atoms with Gasteiger partial charge in [0.1, 0.15) is 5.82 Å². The molecule has 2 unspecified atom stereocenters. The molecule has 0 bridgehead atoms. The van der Waals surface area contributed by atoms with Gasteiger partial charge >= 0.3 is 5.97 Å². The van der Waals surface area contributed by atoms with Crippen molar-refractivity contribution in [2.75, 3.05) is 0 Å².